The first-order chi connectivity index (χ1) is 12.7. The second-order valence-electron chi connectivity index (χ2n) is 5.57. The van der Waals surface area contributed by atoms with Crippen LogP contribution in [0.3, 0.4) is 0 Å². The standard InChI is InChI=1S/C18H14N4O4/c23-17-13(10-20-22-18(24)11-1-3-19-4-2-11)7-12-8-15-16(9-14(12)21-17)26-6-5-25-15/h1-4,7-10H,5-6H2,(H,21,23)(H,22,24). The first kappa shape index (κ1) is 15.8. The Morgan fingerprint density at radius 3 is 2.65 bits per heavy atom. The molecule has 0 saturated carbocycles. The van der Waals surface area contributed by atoms with E-state index < -0.39 is 0 Å². The van der Waals surface area contributed by atoms with Crippen molar-refractivity contribution >= 4 is 23.0 Å². The Kier molecular flexibility index (Phi) is 4.06. The van der Waals surface area contributed by atoms with Gasteiger partial charge in [-0.05, 0) is 24.3 Å². The third-order valence-corrected chi connectivity index (χ3v) is 3.85. The summed E-state index contributed by atoms with van der Waals surface area (Å²) in [6, 6.07) is 8.34. The van der Waals surface area contributed by atoms with E-state index in [1.54, 1.807) is 30.3 Å². The Morgan fingerprint density at radius 2 is 1.88 bits per heavy atom. The fourth-order valence-corrected chi connectivity index (χ4v) is 2.58. The maximum absolute atomic E-state index is 12.2. The molecule has 1 aliphatic heterocycles. The third kappa shape index (κ3) is 3.12. The number of aromatic amines is 1. The molecule has 26 heavy (non-hydrogen) atoms. The molecule has 8 heteroatoms. The Hall–Kier alpha value is -3.68. The van der Waals surface area contributed by atoms with E-state index in [0.29, 0.717) is 41.4 Å². The fraction of sp³-hybridized carbons (Fsp3) is 0.111. The van der Waals surface area contributed by atoms with E-state index in [0.717, 1.165) is 5.39 Å². The van der Waals surface area contributed by atoms with Crippen LogP contribution >= 0.6 is 0 Å². The van der Waals surface area contributed by atoms with Crippen LogP contribution in [0.15, 0.2) is 52.6 Å². The highest BCUT2D eigenvalue weighted by atomic mass is 16.6. The van der Waals surface area contributed by atoms with Crippen LogP contribution in [-0.4, -0.2) is 35.3 Å². The van der Waals surface area contributed by atoms with Crippen molar-refractivity contribution in [3.63, 3.8) is 0 Å². The van der Waals surface area contributed by atoms with Crippen molar-refractivity contribution in [1.82, 2.24) is 15.4 Å². The van der Waals surface area contributed by atoms with Crippen LogP contribution in [0.25, 0.3) is 10.9 Å². The summed E-state index contributed by atoms with van der Waals surface area (Å²) in [7, 11) is 0. The van der Waals surface area contributed by atoms with Gasteiger partial charge >= 0.3 is 0 Å². The number of aromatic nitrogens is 2. The van der Waals surface area contributed by atoms with Gasteiger partial charge in [-0.25, -0.2) is 5.43 Å². The van der Waals surface area contributed by atoms with Crippen LogP contribution in [0.2, 0.25) is 0 Å². The molecule has 2 N–H and O–H groups in total. The summed E-state index contributed by atoms with van der Waals surface area (Å²) in [5.74, 6) is 0.843. The lowest BCUT2D eigenvalue weighted by Gasteiger charge is -2.18. The zero-order valence-electron chi connectivity index (χ0n) is 13.6. The first-order valence-corrected chi connectivity index (χ1v) is 7.91. The van der Waals surface area contributed by atoms with Crippen molar-refractivity contribution in [2.24, 2.45) is 5.10 Å². The Labute approximate surface area is 147 Å². The van der Waals surface area contributed by atoms with Gasteiger partial charge in [-0.15, -0.1) is 0 Å². The number of rotatable bonds is 3. The molecule has 3 aromatic rings. The minimum Gasteiger partial charge on any atom is -0.486 e. The van der Waals surface area contributed by atoms with Gasteiger partial charge in [0, 0.05) is 29.4 Å². The number of hydrazone groups is 1. The average Bonchev–Trinajstić information content (AvgIpc) is 2.67. The van der Waals surface area contributed by atoms with Gasteiger partial charge in [0.25, 0.3) is 11.5 Å². The third-order valence-electron chi connectivity index (χ3n) is 3.85. The molecule has 3 heterocycles. The first-order valence-electron chi connectivity index (χ1n) is 7.91. The number of nitrogens with zero attached hydrogens (tertiary/aromatic N) is 2. The van der Waals surface area contributed by atoms with E-state index in [-0.39, 0.29) is 11.5 Å². The lowest BCUT2D eigenvalue weighted by atomic mass is 10.1. The maximum atomic E-state index is 12.2. The van der Waals surface area contributed by atoms with E-state index in [4.69, 9.17) is 9.47 Å². The number of ether oxygens (including phenoxy) is 2. The van der Waals surface area contributed by atoms with Crippen molar-refractivity contribution in [3.05, 3.63) is 64.2 Å². The van der Waals surface area contributed by atoms with Gasteiger partial charge in [-0.2, -0.15) is 5.10 Å². The molecule has 1 aromatic carbocycles. The van der Waals surface area contributed by atoms with Crippen LogP contribution in [0.4, 0.5) is 0 Å². The SMILES string of the molecule is O=C(NN=Cc1cc2cc3c(cc2[nH]c1=O)OCCO3)c1ccncc1. The molecule has 8 nitrogen and oxygen atoms in total. The normalized spacial score (nSPS) is 13.1. The van der Waals surface area contributed by atoms with Crippen LogP contribution in [0, 0.1) is 0 Å². The van der Waals surface area contributed by atoms with Gasteiger partial charge in [0.1, 0.15) is 13.2 Å². The number of hydrogen-bond donors (Lipinski definition) is 2. The summed E-state index contributed by atoms with van der Waals surface area (Å²) < 4.78 is 11.1. The van der Waals surface area contributed by atoms with E-state index in [9.17, 15) is 9.59 Å². The number of H-pyrrole nitrogens is 1. The number of pyridine rings is 2. The van der Waals surface area contributed by atoms with Gasteiger partial charge in [0.2, 0.25) is 0 Å². The lowest BCUT2D eigenvalue weighted by molar-refractivity contribution is 0.0955. The largest absolute Gasteiger partial charge is 0.486 e. The predicted octanol–water partition coefficient (Wildman–Crippen LogP) is 1.46. The Balaban J connectivity index is 1.59. The average molecular weight is 350 g/mol. The summed E-state index contributed by atoms with van der Waals surface area (Å²) in [4.78, 5) is 30.7. The van der Waals surface area contributed by atoms with E-state index in [1.807, 2.05) is 0 Å². The number of carbonyl (C=O) groups is 1. The molecule has 4 rings (SSSR count). The molecule has 1 aliphatic rings. The van der Waals surface area contributed by atoms with Crippen molar-refractivity contribution in [2.45, 2.75) is 0 Å². The molecule has 0 atom stereocenters. The fourth-order valence-electron chi connectivity index (χ4n) is 2.58. The summed E-state index contributed by atoms with van der Waals surface area (Å²) >= 11 is 0. The molecular weight excluding hydrogens is 336 g/mol. The molecule has 130 valence electrons. The van der Waals surface area contributed by atoms with Gasteiger partial charge in [-0.1, -0.05) is 0 Å². The van der Waals surface area contributed by atoms with Gasteiger partial charge in [0.15, 0.2) is 11.5 Å². The van der Waals surface area contributed by atoms with Crippen molar-refractivity contribution in [3.8, 4) is 11.5 Å². The van der Waals surface area contributed by atoms with Crippen LogP contribution in [0.1, 0.15) is 15.9 Å². The van der Waals surface area contributed by atoms with Crippen molar-refractivity contribution in [1.29, 1.82) is 0 Å². The maximum Gasteiger partial charge on any atom is 0.271 e. The molecule has 0 aliphatic carbocycles. The highest BCUT2D eigenvalue weighted by Crippen LogP contribution is 2.33. The molecule has 2 aromatic heterocycles. The van der Waals surface area contributed by atoms with Crippen LogP contribution < -0.4 is 20.5 Å². The summed E-state index contributed by atoms with van der Waals surface area (Å²) in [6.07, 6.45) is 4.33. The zero-order valence-corrected chi connectivity index (χ0v) is 13.6. The van der Waals surface area contributed by atoms with E-state index in [1.165, 1.54) is 18.6 Å². The van der Waals surface area contributed by atoms with Crippen molar-refractivity contribution in [2.75, 3.05) is 13.2 Å². The predicted molar refractivity (Wildman–Crippen MR) is 94.9 cm³/mol. The highest BCUT2D eigenvalue weighted by Gasteiger charge is 2.13. The molecule has 0 saturated heterocycles. The number of nitrogens with one attached hydrogen (secondary N) is 2. The minimum absolute atomic E-state index is 0.309. The molecular formula is C18H14N4O4. The second kappa shape index (κ2) is 6.67. The molecule has 1 amide bonds. The lowest BCUT2D eigenvalue weighted by Crippen LogP contribution is -2.19. The molecule has 0 spiro atoms. The van der Waals surface area contributed by atoms with Gasteiger partial charge in [-0.3, -0.25) is 14.6 Å². The minimum atomic E-state index is -0.388. The van der Waals surface area contributed by atoms with Crippen LogP contribution in [0.5, 0.6) is 11.5 Å². The molecule has 0 unspecified atom stereocenters. The summed E-state index contributed by atoms with van der Waals surface area (Å²) in [6.45, 7) is 0.960. The number of amides is 1. The van der Waals surface area contributed by atoms with Gasteiger partial charge in [0.05, 0.1) is 17.3 Å². The van der Waals surface area contributed by atoms with E-state index in [2.05, 4.69) is 20.5 Å². The highest BCUT2D eigenvalue weighted by molar-refractivity contribution is 5.95. The summed E-state index contributed by atoms with van der Waals surface area (Å²) in [5, 5.41) is 4.63. The van der Waals surface area contributed by atoms with Crippen molar-refractivity contribution < 1.29 is 14.3 Å². The Morgan fingerprint density at radius 1 is 1.15 bits per heavy atom. The zero-order chi connectivity index (χ0) is 17.9. The molecule has 0 fully saturated rings. The molecule has 0 radical (unpaired) electrons. The molecule has 0 bridgehead atoms. The second-order valence-corrected chi connectivity index (χ2v) is 5.57. The number of hydrogen-bond acceptors (Lipinski definition) is 6. The van der Waals surface area contributed by atoms with Crippen LogP contribution in [-0.2, 0) is 0 Å². The van der Waals surface area contributed by atoms with E-state index >= 15 is 0 Å². The summed E-state index contributed by atoms with van der Waals surface area (Å²) in [5.41, 5.74) is 3.43. The Bertz CT molecular complexity index is 1060. The monoisotopic (exact) mass is 350 g/mol. The smallest absolute Gasteiger partial charge is 0.271 e. The number of benzene rings is 1. The van der Waals surface area contributed by atoms with Gasteiger partial charge < -0.3 is 14.5 Å². The number of fused-ring (bicyclic) bond motifs is 2. The number of carbonyl (C=O) groups excluding carboxylic acids is 1. The topological polar surface area (TPSA) is 106 Å². The quantitative estimate of drug-likeness (QED) is 0.549.